The maximum absolute atomic E-state index is 5.47. The molecule has 1 N–H and O–H groups in total. The standard InChI is InChI=1S/C12H18BrNO2/c1-14-6-8-16-7-5-10-3-4-11(15-2)9-12(10)13/h3-4,9,14H,5-8H2,1-2H3. The first kappa shape index (κ1) is 13.5. The summed E-state index contributed by atoms with van der Waals surface area (Å²) in [7, 11) is 3.59. The summed E-state index contributed by atoms with van der Waals surface area (Å²) in [6.45, 7) is 2.39. The molecule has 0 aliphatic carbocycles. The average Bonchev–Trinajstić information content (AvgIpc) is 2.30. The van der Waals surface area contributed by atoms with Gasteiger partial charge in [0.15, 0.2) is 0 Å². The van der Waals surface area contributed by atoms with Crippen LogP contribution in [0.25, 0.3) is 0 Å². The Morgan fingerprint density at radius 3 is 2.75 bits per heavy atom. The van der Waals surface area contributed by atoms with Crippen molar-refractivity contribution in [1.29, 1.82) is 0 Å². The molecule has 0 aliphatic heterocycles. The molecule has 0 aromatic heterocycles. The fraction of sp³-hybridized carbons (Fsp3) is 0.500. The molecule has 0 fully saturated rings. The van der Waals surface area contributed by atoms with Crippen molar-refractivity contribution in [1.82, 2.24) is 5.32 Å². The lowest BCUT2D eigenvalue weighted by molar-refractivity contribution is 0.140. The van der Waals surface area contributed by atoms with E-state index in [1.54, 1.807) is 7.11 Å². The molecular weight excluding hydrogens is 270 g/mol. The number of ether oxygens (including phenoxy) is 2. The van der Waals surface area contributed by atoms with Gasteiger partial charge in [-0.15, -0.1) is 0 Å². The predicted octanol–water partition coefficient (Wildman–Crippen LogP) is 2.24. The van der Waals surface area contributed by atoms with Crippen molar-refractivity contribution in [2.45, 2.75) is 6.42 Å². The number of benzene rings is 1. The van der Waals surface area contributed by atoms with Crippen LogP contribution in [0.4, 0.5) is 0 Å². The van der Waals surface area contributed by atoms with Crippen molar-refractivity contribution < 1.29 is 9.47 Å². The quantitative estimate of drug-likeness (QED) is 0.781. The van der Waals surface area contributed by atoms with Crippen molar-refractivity contribution >= 4 is 15.9 Å². The molecule has 0 radical (unpaired) electrons. The van der Waals surface area contributed by atoms with Crippen molar-refractivity contribution in [3.05, 3.63) is 28.2 Å². The first-order valence-electron chi connectivity index (χ1n) is 5.32. The van der Waals surface area contributed by atoms with E-state index in [1.807, 2.05) is 19.2 Å². The van der Waals surface area contributed by atoms with Crippen LogP contribution in [0.15, 0.2) is 22.7 Å². The summed E-state index contributed by atoms with van der Waals surface area (Å²) in [5, 5.41) is 3.04. The number of hydrogen-bond donors (Lipinski definition) is 1. The number of likely N-dealkylation sites (N-methyl/N-ethyl adjacent to an activating group) is 1. The van der Waals surface area contributed by atoms with Crippen LogP contribution in [0.2, 0.25) is 0 Å². The topological polar surface area (TPSA) is 30.5 Å². The minimum absolute atomic E-state index is 0.743. The van der Waals surface area contributed by atoms with Gasteiger partial charge in [0.25, 0.3) is 0 Å². The molecule has 0 heterocycles. The summed E-state index contributed by atoms with van der Waals surface area (Å²) >= 11 is 3.52. The molecule has 0 amide bonds. The highest BCUT2D eigenvalue weighted by Crippen LogP contribution is 2.23. The van der Waals surface area contributed by atoms with Gasteiger partial charge in [-0.3, -0.25) is 0 Å². The maximum atomic E-state index is 5.47. The first-order chi connectivity index (χ1) is 7.77. The molecule has 4 heteroatoms. The summed E-state index contributed by atoms with van der Waals surface area (Å²) in [4.78, 5) is 0. The number of hydrogen-bond acceptors (Lipinski definition) is 3. The summed E-state index contributed by atoms with van der Waals surface area (Å²) in [5.41, 5.74) is 1.24. The van der Waals surface area contributed by atoms with Gasteiger partial charge in [0, 0.05) is 11.0 Å². The highest BCUT2D eigenvalue weighted by atomic mass is 79.9. The molecule has 0 saturated carbocycles. The number of halogens is 1. The van der Waals surface area contributed by atoms with Gasteiger partial charge in [-0.1, -0.05) is 22.0 Å². The van der Waals surface area contributed by atoms with E-state index in [2.05, 4.69) is 27.3 Å². The van der Waals surface area contributed by atoms with Gasteiger partial charge in [0.05, 0.1) is 20.3 Å². The van der Waals surface area contributed by atoms with E-state index < -0.39 is 0 Å². The minimum atomic E-state index is 0.743. The largest absolute Gasteiger partial charge is 0.497 e. The summed E-state index contributed by atoms with van der Waals surface area (Å²) < 4.78 is 11.7. The summed E-state index contributed by atoms with van der Waals surface area (Å²) in [6.07, 6.45) is 0.911. The van der Waals surface area contributed by atoms with Crippen molar-refractivity contribution in [3.63, 3.8) is 0 Å². The highest BCUT2D eigenvalue weighted by Gasteiger charge is 2.01. The molecule has 1 rings (SSSR count). The lowest BCUT2D eigenvalue weighted by atomic mass is 10.1. The molecule has 1 aromatic rings. The molecule has 16 heavy (non-hydrogen) atoms. The molecule has 0 spiro atoms. The Morgan fingerprint density at radius 2 is 2.12 bits per heavy atom. The van der Waals surface area contributed by atoms with Crippen LogP contribution in [0, 0.1) is 0 Å². The van der Waals surface area contributed by atoms with E-state index in [1.165, 1.54) is 5.56 Å². The second kappa shape index (κ2) is 7.65. The monoisotopic (exact) mass is 287 g/mol. The van der Waals surface area contributed by atoms with Gasteiger partial charge in [-0.2, -0.15) is 0 Å². The Balaban J connectivity index is 2.36. The van der Waals surface area contributed by atoms with E-state index in [4.69, 9.17) is 9.47 Å². The third-order valence-corrected chi connectivity index (χ3v) is 3.01. The van der Waals surface area contributed by atoms with Crippen LogP contribution in [0.1, 0.15) is 5.56 Å². The lowest BCUT2D eigenvalue weighted by Gasteiger charge is -2.07. The van der Waals surface area contributed by atoms with Crippen LogP contribution < -0.4 is 10.1 Å². The van der Waals surface area contributed by atoms with Crippen LogP contribution in [-0.2, 0) is 11.2 Å². The summed E-state index contributed by atoms with van der Waals surface area (Å²) in [5.74, 6) is 0.867. The zero-order valence-corrected chi connectivity index (χ0v) is 11.3. The van der Waals surface area contributed by atoms with Crippen molar-refractivity contribution in [2.75, 3.05) is 33.9 Å². The van der Waals surface area contributed by atoms with Crippen LogP contribution >= 0.6 is 15.9 Å². The fourth-order valence-corrected chi connectivity index (χ4v) is 1.87. The van der Waals surface area contributed by atoms with E-state index >= 15 is 0 Å². The molecule has 3 nitrogen and oxygen atoms in total. The van der Waals surface area contributed by atoms with E-state index in [9.17, 15) is 0 Å². The molecule has 0 bridgehead atoms. The smallest absolute Gasteiger partial charge is 0.120 e. The lowest BCUT2D eigenvalue weighted by Crippen LogP contribution is -2.15. The van der Waals surface area contributed by atoms with Crippen LogP contribution in [0.5, 0.6) is 5.75 Å². The van der Waals surface area contributed by atoms with Gasteiger partial charge in [0.1, 0.15) is 5.75 Å². The zero-order chi connectivity index (χ0) is 11.8. The number of nitrogens with one attached hydrogen (secondary N) is 1. The Labute approximate surface area is 105 Å². The fourth-order valence-electron chi connectivity index (χ4n) is 1.32. The SMILES string of the molecule is CNCCOCCc1ccc(OC)cc1Br. The normalized spacial score (nSPS) is 10.4. The highest BCUT2D eigenvalue weighted by molar-refractivity contribution is 9.10. The zero-order valence-electron chi connectivity index (χ0n) is 9.75. The molecule has 0 unspecified atom stereocenters. The molecule has 90 valence electrons. The second-order valence-corrected chi connectivity index (χ2v) is 4.28. The van der Waals surface area contributed by atoms with Gasteiger partial charge >= 0.3 is 0 Å². The molecular formula is C12H18BrNO2. The van der Waals surface area contributed by atoms with Crippen molar-refractivity contribution in [3.8, 4) is 5.75 Å². The Hall–Kier alpha value is -0.580. The van der Waals surface area contributed by atoms with Gasteiger partial charge in [-0.05, 0) is 31.2 Å². The van der Waals surface area contributed by atoms with Gasteiger partial charge < -0.3 is 14.8 Å². The van der Waals surface area contributed by atoms with Gasteiger partial charge in [-0.25, -0.2) is 0 Å². The van der Waals surface area contributed by atoms with Gasteiger partial charge in [0.2, 0.25) is 0 Å². The predicted molar refractivity (Wildman–Crippen MR) is 69.1 cm³/mol. The van der Waals surface area contributed by atoms with E-state index in [0.717, 1.165) is 36.4 Å². The van der Waals surface area contributed by atoms with E-state index in [0.29, 0.717) is 0 Å². The Bertz CT molecular complexity index is 318. The van der Waals surface area contributed by atoms with Crippen LogP contribution in [0.3, 0.4) is 0 Å². The first-order valence-corrected chi connectivity index (χ1v) is 6.12. The maximum Gasteiger partial charge on any atom is 0.120 e. The Kier molecular flexibility index (Phi) is 6.45. The van der Waals surface area contributed by atoms with E-state index in [-0.39, 0.29) is 0 Å². The molecule has 0 atom stereocenters. The molecule has 1 aromatic carbocycles. The number of methoxy groups -OCH3 is 1. The second-order valence-electron chi connectivity index (χ2n) is 3.42. The number of rotatable bonds is 7. The summed E-state index contributed by atoms with van der Waals surface area (Å²) in [6, 6.07) is 6.00. The third-order valence-electron chi connectivity index (χ3n) is 2.27. The van der Waals surface area contributed by atoms with Crippen molar-refractivity contribution in [2.24, 2.45) is 0 Å². The molecule has 0 saturated heterocycles. The minimum Gasteiger partial charge on any atom is -0.497 e. The molecule has 0 aliphatic rings. The Morgan fingerprint density at radius 1 is 1.31 bits per heavy atom. The van der Waals surface area contributed by atoms with Crippen LogP contribution in [-0.4, -0.2) is 33.9 Å². The third kappa shape index (κ3) is 4.51. The average molecular weight is 288 g/mol.